The monoisotopic (exact) mass is 416 g/mol. The molecule has 1 N–H and O–H groups in total. The molecule has 2 heterocycles. The van der Waals surface area contributed by atoms with Crippen molar-refractivity contribution in [1.29, 1.82) is 0 Å². The molecular formula is C22H32N4O4. The summed E-state index contributed by atoms with van der Waals surface area (Å²) in [5.41, 5.74) is 1.44. The smallest absolute Gasteiger partial charge is 0.258 e. The summed E-state index contributed by atoms with van der Waals surface area (Å²) in [5.74, 6) is 1.86. The van der Waals surface area contributed by atoms with Gasteiger partial charge in [-0.3, -0.25) is 4.79 Å². The van der Waals surface area contributed by atoms with Crippen molar-refractivity contribution >= 4 is 11.9 Å². The summed E-state index contributed by atoms with van der Waals surface area (Å²) in [5, 5.41) is 3.18. The molecule has 8 heteroatoms. The van der Waals surface area contributed by atoms with Gasteiger partial charge in [0.2, 0.25) is 5.95 Å². The molecule has 30 heavy (non-hydrogen) atoms. The van der Waals surface area contributed by atoms with E-state index in [1.54, 1.807) is 17.3 Å². The van der Waals surface area contributed by atoms with Crippen molar-refractivity contribution in [3.05, 3.63) is 41.7 Å². The Morgan fingerprint density at radius 2 is 2.00 bits per heavy atom. The van der Waals surface area contributed by atoms with Crippen molar-refractivity contribution in [2.24, 2.45) is 0 Å². The lowest BCUT2D eigenvalue weighted by Gasteiger charge is -2.19. The van der Waals surface area contributed by atoms with Crippen molar-refractivity contribution in [3.63, 3.8) is 0 Å². The molecular weight excluding hydrogens is 384 g/mol. The average Bonchev–Trinajstić information content (AvgIpc) is 3.01. The molecule has 0 atom stereocenters. The summed E-state index contributed by atoms with van der Waals surface area (Å²) in [6, 6.07) is 5.81. The van der Waals surface area contributed by atoms with Crippen LogP contribution in [0.1, 0.15) is 51.0 Å². The van der Waals surface area contributed by atoms with Crippen LogP contribution in [0.3, 0.4) is 0 Å². The summed E-state index contributed by atoms with van der Waals surface area (Å²) < 4.78 is 16.9. The van der Waals surface area contributed by atoms with Crippen LogP contribution in [0.4, 0.5) is 5.95 Å². The van der Waals surface area contributed by atoms with Crippen LogP contribution in [-0.4, -0.2) is 53.4 Å². The van der Waals surface area contributed by atoms with Crippen molar-refractivity contribution in [2.75, 3.05) is 31.8 Å². The fraction of sp³-hybridized carbons (Fsp3) is 0.500. The molecule has 1 aromatic carbocycles. The molecule has 3 rings (SSSR count). The van der Waals surface area contributed by atoms with Gasteiger partial charge in [0.05, 0.1) is 18.3 Å². The molecule has 0 saturated carbocycles. The maximum atomic E-state index is 12.6. The lowest BCUT2D eigenvalue weighted by molar-refractivity contribution is 0.0368. The zero-order chi connectivity index (χ0) is 21.3. The highest BCUT2D eigenvalue weighted by molar-refractivity contribution is 5.93. The number of ether oxygens (including phenoxy) is 3. The third-order valence-corrected chi connectivity index (χ3v) is 4.47. The number of hydrogen-bond donors (Lipinski definition) is 1. The topological polar surface area (TPSA) is 85.8 Å². The number of benzene rings is 1. The Hall–Kier alpha value is -2.87. The third-order valence-electron chi connectivity index (χ3n) is 4.47. The lowest BCUT2D eigenvalue weighted by Crippen LogP contribution is -2.32. The second kappa shape index (κ2) is 10.8. The Kier molecular flexibility index (Phi) is 7.84. The van der Waals surface area contributed by atoms with Gasteiger partial charge in [-0.05, 0) is 51.3 Å². The van der Waals surface area contributed by atoms with Crippen molar-refractivity contribution in [2.45, 2.75) is 46.3 Å². The van der Waals surface area contributed by atoms with Crippen molar-refractivity contribution in [1.82, 2.24) is 14.9 Å². The minimum atomic E-state index is -0.108. The zero-order valence-electron chi connectivity index (χ0n) is 17.9. The van der Waals surface area contributed by atoms with E-state index in [0.29, 0.717) is 44.5 Å². The van der Waals surface area contributed by atoms with Crippen molar-refractivity contribution in [3.8, 4) is 11.5 Å². The van der Waals surface area contributed by atoms with Gasteiger partial charge in [-0.2, -0.15) is 0 Å². The van der Waals surface area contributed by atoms with Crippen LogP contribution in [0, 0.1) is 0 Å². The Morgan fingerprint density at radius 1 is 1.23 bits per heavy atom. The van der Waals surface area contributed by atoms with Crippen LogP contribution in [0.15, 0.2) is 30.6 Å². The summed E-state index contributed by atoms with van der Waals surface area (Å²) >= 11 is 0. The zero-order valence-corrected chi connectivity index (χ0v) is 17.9. The Morgan fingerprint density at radius 3 is 2.73 bits per heavy atom. The van der Waals surface area contributed by atoms with Gasteiger partial charge in [-0.25, -0.2) is 9.97 Å². The Balaban J connectivity index is 0.00000341. The third kappa shape index (κ3) is 6.32. The van der Waals surface area contributed by atoms with Gasteiger partial charge in [0.1, 0.15) is 18.2 Å². The molecule has 2 aromatic rings. The van der Waals surface area contributed by atoms with Crippen LogP contribution in [0.2, 0.25) is 0 Å². The van der Waals surface area contributed by atoms with Crippen LogP contribution in [0.5, 0.6) is 11.5 Å². The molecule has 1 aliphatic heterocycles. The number of rotatable bonds is 8. The number of nitrogens with zero attached hydrogens (tertiary/aromatic N) is 3. The number of aromatic nitrogens is 2. The van der Waals surface area contributed by atoms with Gasteiger partial charge >= 0.3 is 0 Å². The Bertz CT molecular complexity index is 825. The van der Waals surface area contributed by atoms with Gasteiger partial charge in [-0.15, -0.1) is 0 Å². The highest BCUT2D eigenvalue weighted by Crippen LogP contribution is 2.24. The van der Waals surface area contributed by atoms with Crippen LogP contribution >= 0.6 is 0 Å². The summed E-state index contributed by atoms with van der Waals surface area (Å²) in [4.78, 5) is 22.9. The second-order valence-electron chi connectivity index (χ2n) is 7.37. The van der Waals surface area contributed by atoms with Crippen LogP contribution in [0.25, 0.3) is 0 Å². The Labute approximate surface area is 179 Å². The maximum Gasteiger partial charge on any atom is 0.258 e. The molecule has 0 unspecified atom stereocenters. The van der Waals surface area contributed by atoms with E-state index in [1.165, 1.54) is 0 Å². The van der Waals surface area contributed by atoms with E-state index in [2.05, 4.69) is 15.3 Å². The van der Waals surface area contributed by atoms with Gasteiger partial charge in [-0.1, -0.05) is 0 Å². The average molecular weight is 417 g/mol. The molecule has 8 nitrogen and oxygen atoms in total. The van der Waals surface area contributed by atoms with Crippen LogP contribution < -0.4 is 14.8 Å². The fourth-order valence-electron chi connectivity index (χ4n) is 3.12. The molecule has 164 valence electrons. The van der Waals surface area contributed by atoms with Gasteiger partial charge < -0.3 is 24.4 Å². The fourth-order valence-corrected chi connectivity index (χ4v) is 3.12. The summed E-state index contributed by atoms with van der Waals surface area (Å²) in [7, 11) is 0. The number of nitrogens with one attached hydrogen (secondary N) is 1. The quantitative estimate of drug-likeness (QED) is 0.702. The van der Waals surface area contributed by atoms with Crippen molar-refractivity contribution < 1.29 is 20.4 Å². The first-order valence-corrected chi connectivity index (χ1v) is 10.4. The molecule has 0 spiro atoms. The lowest BCUT2D eigenvalue weighted by atomic mass is 10.2. The second-order valence-corrected chi connectivity index (χ2v) is 7.37. The standard InChI is InChI=1S/C22H30N4O4.H2/c1-4-29-19-9-17(10-20(11-19)30-16(2)3)12-23-22-24-13-18(14-25-22)21(27)26-7-5-6-8-28-15-26;/h9-11,13-14,16H,4-8,12,15H2,1-3H3,(H,23,24,25);1H. The number of hydrogen-bond acceptors (Lipinski definition) is 7. The summed E-state index contributed by atoms with van der Waals surface area (Å²) in [6.07, 6.45) is 5.08. The van der Waals surface area contributed by atoms with Gasteiger partial charge in [0, 0.05) is 39.6 Å². The summed E-state index contributed by atoms with van der Waals surface area (Å²) in [6.45, 7) is 8.70. The predicted molar refractivity (Wildman–Crippen MR) is 116 cm³/mol. The van der Waals surface area contributed by atoms with Crippen LogP contribution in [-0.2, 0) is 11.3 Å². The molecule has 0 bridgehead atoms. The maximum absolute atomic E-state index is 12.6. The number of carbonyl (C=O) groups excluding carboxylic acids is 1. The van der Waals surface area contributed by atoms with Gasteiger partial charge in [0.15, 0.2) is 0 Å². The van der Waals surface area contributed by atoms with E-state index in [1.807, 2.05) is 39.0 Å². The molecule has 0 aliphatic carbocycles. The molecule has 1 aliphatic rings. The molecule has 0 radical (unpaired) electrons. The highest BCUT2D eigenvalue weighted by Gasteiger charge is 2.18. The van der Waals surface area contributed by atoms with E-state index in [0.717, 1.165) is 29.9 Å². The first kappa shape index (κ1) is 21.8. The van der Waals surface area contributed by atoms with E-state index in [-0.39, 0.29) is 13.4 Å². The molecule has 1 aromatic heterocycles. The molecule has 1 saturated heterocycles. The van der Waals surface area contributed by atoms with E-state index >= 15 is 0 Å². The number of amides is 1. The normalized spacial score (nSPS) is 14.3. The SMILES string of the molecule is CCOc1cc(CNc2ncc(C(=O)N3CCCCOC3)cn2)cc(OC(C)C)c1.[HH]. The van der Waals surface area contributed by atoms with E-state index in [4.69, 9.17) is 14.2 Å². The first-order valence-electron chi connectivity index (χ1n) is 10.4. The largest absolute Gasteiger partial charge is 0.494 e. The minimum absolute atomic E-state index is 0. The highest BCUT2D eigenvalue weighted by atomic mass is 16.5. The molecule has 1 amide bonds. The van der Waals surface area contributed by atoms with E-state index < -0.39 is 0 Å². The minimum Gasteiger partial charge on any atom is -0.494 e. The number of anilines is 1. The predicted octanol–water partition coefficient (Wildman–Crippen LogP) is 3.73. The first-order chi connectivity index (χ1) is 14.5. The van der Waals surface area contributed by atoms with E-state index in [9.17, 15) is 4.79 Å². The van der Waals surface area contributed by atoms with Gasteiger partial charge in [0.25, 0.3) is 5.91 Å². The number of carbonyl (C=O) groups is 1. The molecule has 1 fully saturated rings.